The highest BCUT2D eigenvalue weighted by Crippen LogP contribution is 2.28. The Bertz CT molecular complexity index is 340. The molecule has 1 aromatic rings. The summed E-state index contributed by atoms with van der Waals surface area (Å²) in [7, 11) is 0. The average Bonchev–Trinajstić information content (AvgIpc) is 2.83. The van der Waals surface area contributed by atoms with Gasteiger partial charge < -0.3 is 5.32 Å². The maximum Gasteiger partial charge on any atom is 0.0294 e. The summed E-state index contributed by atoms with van der Waals surface area (Å²) in [6.07, 6.45) is 5.65. The van der Waals surface area contributed by atoms with E-state index in [1.807, 2.05) is 0 Å². The van der Waals surface area contributed by atoms with Gasteiger partial charge in [0.2, 0.25) is 0 Å². The van der Waals surface area contributed by atoms with E-state index >= 15 is 0 Å². The van der Waals surface area contributed by atoms with Crippen LogP contribution in [0.15, 0.2) is 28.7 Å². The summed E-state index contributed by atoms with van der Waals surface area (Å²) in [4.78, 5) is 0. The fourth-order valence-corrected chi connectivity index (χ4v) is 3.10. The Morgan fingerprint density at radius 2 is 1.71 bits per heavy atom. The first kappa shape index (κ1) is 13.1. The van der Waals surface area contributed by atoms with Crippen molar-refractivity contribution >= 4 is 15.9 Å². The second-order valence-corrected chi connectivity index (χ2v) is 6.19. The highest BCUT2D eigenvalue weighted by Gasteiger charge is 2.22. The average molecular weight is 296 g/mol. The van der Waals surface area contributed by atoms with E-state index in [4.69, 9.17) is 0 Å². The van der Waals surface area contributed by atoms with E-state index in [9.17, 15) is 0 Å². The number of rotatable bonds is 4. The SMILES string of the molecule is CC(NC(C)C1CCCC1)c1ccc(Br)cc1. The molecular weight excluding hydrogens is 274 g/mol. The Kier molecular flexibility index (Phi) is 4.63. The molecule has 0 spiro atoms. The van der Waals surface area contributed by atoms with Crippen LogP contribution >= 0.6 is 15.9 Å². The zero-order valence-corrected chi connectivity index (χ0v) is 12.3. The van der Waals surface area contributed by atoms with Gasteiger partial charge in [0.05, 0.1) is 0 Å². The van der Waals surface area contributed by atoms with E-state index in [0.717, 1.165) is 10.4 Å². The van der Waals surface area contributed by atoms with E-state index in [2.05, 4.69) is 59.4 Å². The largest absolute Gasteiger partial charge is 0.307 e. The zero-order chi connectivity index (χ0) is 12.3. The number of hydrogen-bond donors (Lipinski definition) is 1. The molecule has 1 nitrogen and oxygen atoms in total. The molecule has 1 saturated carbocycles. The van der Waals surface area contributed by atoms with Crippen LogP contribution in [0.25, 0.3) is 0 Å². The summed E-state index contributed by atoms with van der Waals surface area (Å²) in [6.45, 7) is 4.60. The Balaban J connectivity index is 1.91. The van der Waals surface area contributed by atoms with Crippen molar-refractivity contribution in [3.8, 4) is 0 Å². The van der Waals surface area contributed by atoms with E-state index in [-0.39, 0.29) is 0 Å². The summed E-state index contributed by atoms with van der Waals surface area (Å²) >= 11 is 3.48. The van der Waals surface area contributed by atoms with Gasteiger partial charge in [0.1, 0.15) is 0 Å². The molecule has 1 aliphatic rings. The molecule has 0 aliphatic heterocycles. The lowest BCUT2D eigenvalue weighted by Crippen LogP contribution is -2.34. The molecule has 1 aromatic carbocycles. The van der Waals surface area contributed by atoms with E-state index < -0.39 is 0 Å². The minimum atomic E-state index is 0.443. The van der Waals surface area contributed by atoms with Crippen LogP contribution in [0.1, 0.15) is 51.1 Å². The van der Waals surface area contributed by atoms with Gasteiger partial charge in [-0.3, -0.25) is 0 Å². The molecule has 1 N–H and O–H groups in total. The molecule has 0 amide bonds. The number of hydrogen-bond acceptors (Lipinski definition) is 1. The van der Waals surface area contributed by atoms with Gasteiger partial charge in [0.15, 0.2) is 0 Å². The van der Waals surface area contributed by atoms with Crippen LogP contribution in [-0.2, 0) is 0 Å². The van der Waals surface area contributed by atoms with Crippen molar-refractivity contribution in [2.24, 2.45) is 5.92 Å². The molecule has 1 fully saturated rings. The fourth-order valence-electron chi connectivity index (χ4n) is 2.84. The quantitative estimate of drug-likeness (QED) is 0.850. The first-order valence-electron chi connectivity index (χ1n) is 6.68. The summed E-state index contributed by atoms with van der Waals surface area (Å²) in [6, 6.07) is 9.71. The Labute approximate surface area is 113 Å². The lowest BCUT2D eigenvalue weighted by atomic mass is 9.98. The molecule has 94 valence electrons. The molecule has 2 atom stereocenters. The smallest absolute Gasteiger partial charge is 0.0294 e. The maximum absolute atomic E-state index is 3.74. The Morgan fingerprint density at radius 3 is 2.29 bits per heavy atom. The zero-order valence-electron chi connectivity index (χ0n) is 10.7. The van der Waals surface area contributed by atoms with Crippen LogP contribution in [0.4, 0.5) is 0 Å². The van der Waals surface area contributed by atoms with Crippen LogP contribution in [-0.4, -0.2) is 6.04 Å². The lowest BCUT2D eigenvalue weighted by molar-refractivity contribution is 0.352. The van der Waals surface area contributed by atoms with Crippen LogP contribution in [0, 0.1) is 5.92 Å². The van der Waals surface area contributed by atoms with E-state index in [1.165, 1.54) is 31.2 Å². The van der Waals surface area contributed by atoms with Gasteiger partial charge in [-0.25, -0.2) is 0 Å². The molecule has 2 heteroatoms. The third kappa shape index (κ3) is 3.56. The summed E-state index contributed by atoms with van der Waals surface area (Å²) in [5.74, 6) is 0.882. The van der Waals surface area contributed by atoms with Crippen molar-refractivity contribution in [2.75, 3.05) is 0 Å². The summed E-state index contributed by atoms with van der Waals surface area (Å²) in [5.41, 5.74) is 1.37. The summed E-state index contributed by atoms with van der Waals surface area (Å²) < 4.78 is 1.15. The molecule has 17 heavy (non-hydrogen) atoms. The molecule has 2 rings (SSSR count). The van der Waals surface area contributed by atoms with E-state index in [0.29, 0.717) is 12.1 Å². The van der Waals surface area contributed by atoms with Crippen LogP contribution in [0.5, 0.6) is 0 Å². The molecular formula is C15H22BrN. The first-order chi connectivity index (χ1) is 8.16. The van der Waals surface area contributed by atoms with Crippen LogP contribution < -0.4 is 5.32 Å². The van der Waals surface area contributed by atoms with Crippen LogP contribution in [0.3, 0.4) is 0 Å². The topological polar surface area (TPSA) is 12.0 Å². The van der Waals surface area contributed by atoms with Crippen molar-refractivity contribution in [3.05, 3.63) is 34.3 Å². The predicted molar refractivity (Wildman–Crippen MR) is 77.1 cm³/mol. The van der Waals surface area contributed by atoms with Gasteiger partial charge in [-0.15, -0.1) is 0 Å². The highest BCUT2D eigenvalue weighted by molar-refractivity contribution is 9.10. The third-order valence-corrected chi connectivity index (χ3v) is 4.52. The molecule has 2 unspecified atom stereocenters. The molecule has 0 heterocycles. The molecule has 0 radical (unpaired) electrons. The normalized spacial score (nSPS) is 20.4. The molecule has 0 aromatic heterocycles. The number of nitrogens with one attached hydrogen (secondary N) is 1. The van der Waals surface area contributed by atoms with Crippen molar-refractivity contribution < 1.29 is 0 Å². The Hall–Kier alpha value is -0.340. The van der Waals surface area contributed by atoms with Gasteiger partial charge in [0, 0.05) is 16.6 Å². The monoisotopic (exact) mass is 295 g/mol. The lowest BCUT2D eigenvalue weighted by Gasteiger charge is -2.25. The molecule has 1 aliphatic carbocycles. The van der Waals surface area contributed by atoms with Crippen molar-refractivity contribution in [1.29, 1.82) is 0 Å². The number of halogens is 1. The predicted octanol–water partition coefficient (Wildman–Crippen LogP) is 4.68. The van der Waals surface area contributed by atoms with Crippen molar-refractivity contribution in [1.82, 2.24) is 5.32 Å². The van der Waals surface area contributed by atoms with Crippen molar-refractivity contribution in [3.63, 3.8) is 0 Å². The highest BCUT2D eigenvalue weighted by atomic mass is 79.9. The molecule has 0 saturated heterocycles. The Morgan fingerprint density at radius 1 is 1.12 bits per heavy atom. The van der Waals surface area contributed by atoms with Crippen LogP contribution in [0.2, 0.25) is 0 Å². The van der Waals surface area contributed by atoms with Gasteiger partial charge >= 0.3 is 0 Å². The van der Waals surface area contributed by atoms with Crippen molar-refractivity contribution in [2.45, 2.75) is 51.6 Å². The fraction of sp³-hybridized carbons (Fsp3) is 0.600. The standard InChI is InChI=1S/C15H22BrN/c1-11(13-5-3-4-6-13)17-12(2)14-7-9-15(16)10-8-14/h7-13,17H,3-6H2,1-2H3. The summed E-state index contributed by atoms with van der Waals surface area (Å²) in [5, 5.41) is 3.74. The minimum Gasteiger partial charge on any atom is -0.307 e. The third-order valence-electron chi connectivity index (χ3n) is 3.99. The maximum atomic E-state index is 3.74. The van der Waals surface area contributed by atoms with Gasteiger partial charge in [-0.1, -0.05) is 40.9 Å². The minimum absolute atomic E-state index is 0.443. The second-order valence-electron chi connectivity index (χ2n) is 5.27. The van der Waals surface area contributed by atoms with Gasteiger partial charge in [0.25, 0.3) is 0 Å². The molecule has 0 bridgehead atoms. The number of benzene rings is 1. The van der Waals surface area contributed by atoms with Gasteiger partial charge in [-0.2, -0.15) is 0 Å². The van der Waals surface area contributed by atoms with Gasteiger partial charge in [-0.05, 0) is 50.3 Å². The second kappa shape index (κ2) is 6.01. The van der Waals surface area contributed by atoms with E-state index in [1.54, 1.807) is 0 Å². The first-order valence-corrected chi connectivity index (χ1v) is 7.47.